The molecule has 0 aromatic heterocycles. The van der Waals surface area contributed by atoms with Crippen LogP contribution in [-0.4, -0.2) is 42.8 Å². The molecule has 2 aromatic carbocycles. The average Bonchev–Trinajstić information content (AvgIpc) is 2.75. The topological polar surface area (TPSA) is 49.8 Å². The van der Waals surface area contributed by atoms with E-state index in [1.807, 2.05) is 24.3 Å². The van der Waals surface area contributed by atoms with Gasteiger partial charge in [-0.25, -0.2) is 4.79 Å². The Bertz CT molecular complexity index is 744. The van der Waals surface area contributed by atoms with Crippen LogP contribution in [0.1, 0.15) is 47.2 Å². The normalized spacial score (nSPS) is 20.1. The highest BCUT2D eigenvalue weighted by molar-refractivity contribution is 5.89. The third-order valence-electron chi connectivity index (χ3n) is 5.87. The van der Waals surface area contributed by atoms with Crippen LogP contribution in [0.2, 0.25) is 0 Å². The Kier molecular flexibility index (Phi) is 7.24. The molecule has 1 aliphatic rings. The van der Waals surface area contributed by atoms with E-state index < -0.39 is 0 Å². The minimum Gasteiger partial charge on any atom is -0.465 e. The molecule has 1 heterocycles. The fourth-order valence-electron chi connectivity index (χ4n) is 4.29. The molecule has 4 nitrogen and oxygen atoms in total. The second kappa shape index (κ2) is 9.85. The molecule has 1 saturated heterocycles. The quantitative estimate of drug-likeness (QED) is 0.700. The van der Waals surface area contributed by atoms with E-state index in [2.05, 4.69) is 35.2 Å². The molecule has 1 unspecified atom stereocenters. The number of carbonyl (C=O) groups is 1. The van der Waals surface area contributed by atoms with Crippen LogP contribution >= 0.6 is 0 Å². The summed E-state index contributed by atoms with van der Waals surface area (Å²) in [5, 5.41) is 10.2. The minimum absolute atomic E-state index is 0.00100. The molecule has 1 fully saturated rings. The number of nitrogens with zero attached hydrogens (tertiary/aromatic N) is 1. The smallest absolute Gasteiger partial charge is 0.337 e. The standard InChI is InChI=1S/C24H31NO3/c1-28-23(27)22-12-10-21(11-13-22)17-25-16-6-15-24(18-25,19-26)14-5-9-20-7-3-2-4-8-20/h2-4,7-8,10-13,26H,5-6,9,14-19H2,1H3. The van der Waals surface area contributed by atoms with Crippen LogP contribution in [0.4, 0.5) is 0 Å². The SMILES string of the molecule is COC(=O)c1ccc(CN2CCCC(CO)(CCCc3ccccc3)C2)cc1. The summed E-state index contributed by atoms with van der Waals surface area (Å²) in [7, 11) is 1.40. The van der Waals surface area contributed by atoms with E-state index in [0.717, 1.165) is 51.7 Å². The zero-order valence-electron chi connectivity index (χ0n) is 16.8. The van der Waals surface area contributed by atoms with E-state index in [4.69, 9.17) is 4.74 Å². The lowest BCUT2D eigenvalue weighted by atomic mass is 9.76. The predicted octanol–water partition coefficient (Wildman–Crippen LogP) is 4.07. The summed E-state index contributed by atoms with van der Waals surface area (Å²) in [6.07, 6.45) is 5.43. The average molecular weight is 382 g/mol. The molecule has 2 aromatic rings. The van der Waals surface area contributed by atoms with Crippen molar-refractivity contribution in [3.05, 3.63) is 71.3 Å². The molecule has 28 heavy (non-hydrogen) atoms. The number of methoxy groups -OCH3 is 1. The molecule has 0 bridgehead atoms. The van der Waals surface area contributed by atoms with E-state index in [9.17, 15) is 9.90 Å². The first kappa shape index (κ1) is 20.6. The van der Waals surface area contributed by atoms with Crippen LogP contribution in [0.25, 0.3) is 0 Å². The highest BCUT2D eigenvalue weighted by Crippen LogP contribution is 2.35. The summed E-state index contributed by atoms with van der Waals surface area (Å²) in [4.78, 5) is 14.0. The summed E-state index contributed by atoms with van der Waals surface area (Å²) in [6, 6.07) is 18.2. The number of benzene rings is 2. The van der Waals surface area contributed by atoms with Crippen LogP contribution in [0.3, 0.4) is 0 Å². The van der Waals surface area contributed by atoms with Gasteiger partial charge in [0.1, 0.15) is 0 Å². The number of hydrogen-bond donors (Lipinski definition) is 1. The zero-order valence-corrected chi connectivity index (χ0v) is 16.8. The Balaban J connectivity index is 1.55. The van der Waals surface area contributed by atoms with E-state index >= 15 is 0 Å². The number of likely N-dealkylation sites (tertiary alicyclic amines) is 1. The maximum Gasteiger partial charge on any atom is 0.337 e. The fourth-order valence-corrected chi connectivity index (χ4v) is 4.29. The maximum atomic E-state index is 11.6. The van der Waals surface area contributed by atoms with Crippen LogP contribution in [0, 0.1) is 5.41 Å². The van der Waals surface area contributed by atoms with Gasteiger partial charge >= 0.3 is 5.97 Å². The number of esters is 1. The molecular formula is C24H31NO3. The Morgan fingerprint density at radius 2 is 1.86 bits per heavy atom. The first-order chi connectivity index (χ1) is 13.6. The van der Waals surface area contributed by atoms with Gasteiger partial charge in [0.25, 0.3) is 0 Å². The number of rotatable bonds is 8. The van der Waals surface area contributed by atoms with Gasteiger partial charge in [0, 0.05) is 25.1 Å². The molecule has 0 amide bonds. The Morgan fingerprint density at radius 3 is 2.54 bits per heavy atom. The molecule has 0 spiro atoms. The van der Waals surface area contributed by atoms with Gasteiger partial charge < -0.3 is 9.84 Å². The Morgan fingerprint density at radius 1 is 1.11 bits per heavy atom. The zero-order chi connectivity index (χ0) is 19.8. The molecule has 1 N–H and O–H groups in total. The number of aliphatic hydroxyl groups excluding tert-OH is 1. The lowest BCUT2D eigenvalue weighted by molar-refractivity contribution is 0.0208. The molecule has 0 aliphatic carbocycles. The summed E-state index contributed by atoms with van der Waals surface area (Å²) in [5.41, 5.74) is 3.13. The van der Waals surface area contributed by atoms with Crippen molar-refractivity contribution in [3.8, 4) is 0 Å². The van der Waals surface area contributed by atoms with Gasteiger partial charge in [0.2, 0.25) is 0 Å². The third-order valence-corrected chi connectivity index (χ3v) is 5.87. The van der Waals surface area contributed by atoms with E-state index in [1.54, 1.807) is 0 Å². The molecule has 0 saturated carbocycles. The number of ether oxygens (including phenoxy) is 1. The van der Waals surface area contributed by atoms with Gasteiger partial charge in [-0.15, -0.1) is 0 Å². The van der Waals surface area contributed by atoms with Crippen molar-refractivity contribution in [3.63, 3.8) is 0 Å². The number of carbonyl (C=O) groups excluding carboxylic acids is 1. The van der Waals surface area contributed by atoms with Crippen molar-refractivity contribution in [2.75, 3.05) is 26.8 Å². The summed E-state index contributed by atoms with van der Waals surface area (Å²) < 4.78 is 4.76. The highest BCUT2D eigenvalue weighted by atomic mass is 16.5. The summed E-state index contributed by atoms with van der Waals surface area (Å²) in [5.74, 6) is -0.303. The van der Waals surface area contributed by atoms with Gasteiger partial charge in [-0.3, -0.25) is 4.90 Å². The molecule has 0 radical (unpaired) electrons. The number of piperidine rings is 1. The highest BCUT2D eigenvalue weighted by Gasteiger charge is 2.34. The predicted molar refractivity (Wildman–Crippen MR) is 111 cm³/mol. The van der Waals surface area contributed by atoms with Gasteiger partial charge in [-0.2, -0.15) is 0 Å². The van der Waals surface area contributed by atoms with Crippen molar-refractivity contribution in [1.82, 2.24) is 4.90 Å². The molecular weight excluding hydrogens is 350 g/mol. The van der Waals surface area contributed by atoms with Crippen LogP contribution in [0.5, 0.6) is 0 Å². The summed E-state index contributed by atoms with van der Waals surface area (Å²) in [6.45, 7) is 3.08. The Hall–Kier alpha value is -2.17. The second-order valence-electron chi connectivity index (χ2n) is 8.00. The van der Waals surface area contributed by atoms with Crippen molar-refractivity contribution >= 4 is 5.97 Å². The number of hydrogen-bond acceptors (Lipinski definition) is 4. The third kappa shape index (κ3) is 5.43. The van der Waals surface area contributed by atoms with Crippen LogP contribution in [-0.2, 0) is 17.7 Å². The monoisotopic (exact) mass is 381 g/mol. The van der Waals surface area contributed by atoms with Crippen LogP contribution in [0.15, 0.2) is 54.6 Å². The number of aryl methyl sites for hydroxylation is 1. The van der Waals surface area contributed by atoms with Gasteiger partial charge in [0.15, 0.2) is 0 Å². The largest absolute Gasteiger partial charge is 0.465 e. The maximum absolute atomic E-state index is 11.6. The van der Waals surface area contributed by atoms with Crippen molar-refractivity contribution in [2.24, 2.45) is 5.41 Å². The van der Waals surface area contributed by atoms with Crippen molar-refractivity contribution in [2.45, 2.75) is 38.6 Å². The molecule has 4 heteroatoms. The van der Waals surface area contributed by atoms with E-state index in [1.165, 1.54) is 18.2 Å². The first-order valence-electron chi connectivity index (χ1n) is 10.2. The molecule has 1 aliphatic heterocycles. The van der Waals surface area contributed by atoms with E-state index in [-0.39, 0.29) is 18.0 Å². The van der Waals surface area contributed by atoms with Crippen molar-refractivity contribution in [1.29, 1.82) is 0 Å². The first-order valence-corrected chi connectivity index (χ1v) is 10.2. The lowest BCUT2D eigenvalue weighted by Crippen LogP contribution is -2.45. The molecule has 150 valence electrons. The van der Waals surface area contributed by atoms with E-state index in [0.29, 0.717) is 5.56 Å². The number of aliphatic hydroxyl groups is 1. The second-order valence-corrected chi connectivity index (χ2v) is 8.00. The Labute approximate surface area is 168 Å². The minimum atomic E-state index is -0.303. The fraction of sp³-hybridized carbons (Fsp3) is 0.458. The van der Waals surface area contributed by atoms with Crippen molar-refractivity contribution < 1.29 is 14.6 Å². The van der Waals surface area contributed by atoms with Gasteiger partial charge in [-0.05, 0) is 61.9 Å². The van der Waals surface area contributed by atoms with Gasteiger partial charge in [0.05, 0.1) is 12.7 Å². The lowest BCUT2D eigenvalue weighted by Gasteiger charge is -2.42. The van der Waals surface area contributed by atoms with Crippen LogP contribution < -0.4 is 0 Å². The molecule has 3 rings (SSSR count). The molecule has 1 atom stereocenters. The van der Waals surface area contributed by atoms with Gasteiger partial charge in [-0.1, -0.05) is 42.5 Å². The summed E-state index contributed by atoms with van der Waals surface area (Å²) >= 11 is 0.